The third-order valence-electron chi connectivity index (χ3n) is 6.83. The Morgan fingerprint density at radius 2 is 1.83 bits per heavy atom. The van der Waals surface area contributed by atoms with Crippen LogP contribution in [0.1, 0.15) is 76.7 Å². The van der Waals surface area contributed by atoms with Crippen molar-refractivity contribution in [3.63, 3.8) is 0 Å². The molecule has 1 aliphatic rings. The van der Waals surface area contributed by atoms with Gasteiger partial charge < -0.3 is 9.80 Å². The van der Waals surface area contributed by atoms with Gasteiger partial charge >= 0.3 is 0 Å². The van der Waals surface area contributed by atoms with Crippen LogP contribution in [0.3, 0.4) is 0 Å². The molecule has 1 aromatic carbocycles. The van der Waals surface area contributed by atoms with Crippen molar-refractivity contribution in [1.82, 2.24) is 24.6 Å². The minimum Gasteiger partial charge on any atom is -0.354 e. The quantitative estimate of drug-likeness (QED) is 0.432. The largest absolute Gasteiger partial charge is 0.354 e. The zero-order valence-electron chi connectivity index (χ0n) is 21.4. The second kappa shape index (κ2) is 11.1. The van der Waals surface area contributed by atoms with Gasteiger partial charge in [0.1, 0.15) is 17.5 Å². The van der Waals surface area contributed by atoms with E-state index < -0.39 is 0 Å². The summed E-state index contributed by atoms with van der Waals surface area (Å²) < 4.78 is 15.4. The highest BCUT2D eigenvalue weighted by molar-refractivity contribution is 5.91. The smallest absolute Gasteiger partial charge is 0.222 e. The Kier molecular flexibility index (Phi) is 7.98. The number of hydrogen-bond acceptors (Lipinski definition) is 5. The third-order valence-corrected chi connectivity index (χ3v) is 6.83. The highest BCUT2D eigenvalue weighted by Gasteiger charge is 2.26. The number of fused-ring (bicyclic) bond motifs is 1. The summed E-state index contributed by atoms with van der Waals surface area (Å²) in [5.41, 5.74) is 2.36. The van der Waals surface area contributed by atoms with Gasteiger partial charge in [0.2, 0.25) is 5.91 Å². The number of aryl methyl sites for hydroxylation is 1. The van der Waals surface area contributed by atoms with E-state index in [-0.39, 0.29) is 17.6 Å². The van der Waals surface area contributed by atoms with E-state index in [0.29, 0.717) is 13.0 Å². The van der Waals surface area contributed by atoms with Crippen molar-refractivity contribution < 1.29 is 9.18 Å². The maximum atomic E-state index is 13.6. The second-order valence-corrected chi connectivity index (χ2v) is 9.59. The molecule has 0 aliphatic carbocycles. The van der Waals surface area contributed by atoms with Crippen LogP contribution in [-0.4, -0.2) is 56.7 Å². The van der Waals surface area contributed by atoms with E-state index in [1.54, 1.807) is 16.8 Å². The van der Waals surface area contributed by atoms with Crippen LogP contribution >= 0.6 is 0 Å². The van der Waals surface area contributed by atoms with Gasteiger partial charge in [-0.3, -0.25) is 4.79 Å². The van der Waals surface area contributed by atoms with E-state index in [1.807, 2.05) is 11.8 Å². The average molecular weight is 481 g/mol. The molecule has 0 saturated carbocycles. The minimum absolute atomic E-state index is 0.208. The van der Waals surface area contributed by atoms with E-state index in [9.17, 15) is 9.18 Å². The summed E-state index contributed by atoms with van der Waals surface area (Å²) in [5, 5.41) is 5.72. The number of unbranched alkanes of at least 4 members (excludes halogenated alkanes) is 1. The molecule has 1 fully saturated rings. The van der Waals surface area contributed by atoms with Gasteiger partial charge in [-0.2, -0.15) is 5.10 Å². The summed E-state index contributed by atoms with van der Waals surface area (Å²) in [7, 11) is 0. The molecule has 1 amide bonds. The van der Waals surface area contributed by atoms with Gasteiger partial charge in [0.25, 0.3) is 0 Å². The van der Waals surface area contributed by atoms with Crippen LogP contribution in [0.15, 0.2) is 24.3 Å². The van der Waals surface area contributed by atoms with Crippen LogP contribution in [0.2, 0.25) is 0 Å². The second-order valence-electron chi connectivity index (χ2n) is 9.59. The summed E-state index contributed by atoms with van der Waals surface area (Å²) >= 11 is 0. The highest BCUT2D eigenvalue weighted by Crippen LogP contribution is 2.32. The van der Waals surface area contributed by atoms with Crippen LogP contribution in [0.4, 0.5) is 10.2 Å². The van der Waals surface area contributed by atoms with Crippen molar-refractivity contribution in [1.29, 1.82) is 0 Å². The molecule has 0 unspecified atom stereocenters. The number of hydrogen-bond donors (Lipinski definition) is 0. The summed E-state index contributed by atoms with van der Waals surface area (Å²) in [6.07, 6.45) is 5.53. The molecule has 0 N–H and O–H groups in total. The third kappa shape index (κ3) is 5.46. The molecule has 35 heavy (non-hydrogen) atoms. The standard InChI is InChI=1S/C27H37FN6O/c1-5-7-10-23(35)32-15-8-16-33(18-17-32)26-24-20(4)31-34(22-13-11-21(28)12-14-22)27(24)30-25(29-26)19(3)9-6-2/h11-14,19H,5-10,15-18H2,1-4H3/t19-/m1/s1. The number of nitrogens with zero attached hydrogens (tertiary/aromatic N) is 6. The van der Waals surface area contributed by atoms with E-state index in [4.69, 9.17) is 15.1 Å². The Balaban J connectivity index is 1.75. The van der Waals surface area contributed by atoms with Gasteiger partial charge in [0.05, 0.1) is 16.8 Å². The molecule has 4 rings (SSSR count). The molecule has 0 bridgehead atoms. The molecule has 1 atom stereocenters. The van der Waals surface area contributed by atoms with Crippen molar-refractivity contribution in [2.24, 2.45) is 0 Å². The molecule has 3 aromatic rings. The number of rotatable bonds is 8. The van der Waals surface area contributed by atoms with Crippen LogP contribution in [-0.2, 0) is 4.79 Å². The predicted molar refractivity (Wildman–Crippen MR) is 138 cm³/mol. The zero-order valence-corrected chi connectivity index (χ0v) is 21.4. The molecular formula is C27H37FN6O. The number of carbonyl (C=O) groups is 1. The Bertz CT molecular complexity index is 1160. The van der Waals surface area contributed by atoms with Gasteiger partial charge in [0.15, 0.2) is 5.65 Å². The number of carbonyl (C=O) groups excluding carboxylic acids is 1. The highest BCUT2D eigenvalue weighted by atomic mass is 19.1. The van der Waals surface area contributed by atoms with Gasteiger partial charge in [-0.05, 0) is 50.5 Å². The molecular weight excluding hydrogens is 443 g/mol. The summed E-state index contributed by atoms with van der Waals surface area (Å²) in [6, 6.07) is 6.34. The molecule has 1 aliphatic heterocycles. The van der Waals surface area contributed by atoms with Crippen molar-refractivity contribution >= 4 is 22.8 Å². The Labute approximate surface area is 207 Å². The Morgan fingerprint density at radius 1 is 1.06 bits per heavy atom. The van der Waals surface area contributed by atoms with E-state index in [1.165, 1.54) is 12.1 Å². The lowest BCUT2D eigenvalue weighted by molar-refractivity contribution is -0.131. The maximum absolute atomic E-state index is 13.6. The molecule has 7 nitrogen and oxygen atoms in total. The average Bonchev–Trinajstić information content (AvgIpc) is 3.03. The number of anilines is 1. The molecule has 188 valence electrons. The normalized spacial score (nSPS) is 15.5. The lowest BCUT2D eigenvalue weighted by Gasteiger charge is -2.24. The van der Waals surface area contributed by atoms with Crippen molar-refractivity contribution in [3.8, 4) is 5.69 Å². The molecule has 2 aromatic heterocycles. The maximum Gasteiger partial charge on any atom is 0.222 e. The predicted octanol–water partition coefficient (Wildman–Crippen LogP) is 5.40. The number of halogens is 1. The first-order valence-electron chi connectivity index (χ1n) is 13.0. The molecule has 1 saturated heterocycles. The SMILES string of the molecule is CCCCC(=O)N1CCCN(c2nc([C@H](C)CCC)nc3c2c(C)nn3-c2ccc(F)cc2)CC1. The molecule has 0 radical (unpaired) electrons. The number of aromatic nitrogens is 4. The molecule has 3 heterocycles. The number of amides is 1. The fraction of sp³-hybridized carbons (Fsp3) is 0.556. The fourth-order valence-electron chi connectivity index (χ4n) is 4.82. The Morgan fingerprint density at radius 3 is 2.54 bits per heavy atom. The van der Waals surface area contributed by atoms with Crippen LogP contribution in [0.25, 0.3) is 16.7 Å². The van der Waals surface area contributed by atoms with Gasteiger partial charge in [-0.1, -0.05) is 33.6 Å². The monoisotopic (exact) mass is 480 g/mol. The minimum atomic E-state index is -0.280. The fourth-order valence-corrected chi connectivity index (χ4v) is 4.82. The van der Waals surface area contributed by atoms with Gasteiger partial charge in [-0.15, -0.1) is 0 Å². The molecule has 8 heteroatoms. The zero-order chi connectivity index (χ0) is 24.9. The van der Waals surface area contributed by atoms with Crippen LogP contribution in [0.5, 0.6) is 0 Å². The van der Waals surface area contributed by atoms with E-state index >= 15 is 0 Å². The van der Waals surface area contributed by atoms with Crippen molar-refractivity contribution in [3.05, 3.63) is 41.6 Å². The summed E-state index contributed by atoms with van der Waals surface area (Å²) in [5.74, 6) is 1.87. The van der Waals surface area contributed by atoms with Crippen LogP contribution in [0, 0.1) is 12.7 Å². The first-order chi connectivity index (χ1) is 16.9. The molecule has 0 spiro atoms. The first kappa shape index (κ1) is 25.1. The van der Waals surface area contributed by atoms with Crippen LogP contribution < -0.4 is 4.90 Å². The topological polar surface area (TPSA) is 67.2 Å². The lowest BCUT2D eigenvalue weighted by Crippen LogP contribution is -2.35. The Hall–Kier alpha value is -3.03. The first-order valence-corrected chi connectivity index (χ1v) is 13.0. The summed E-state index contributed by atoms with van der Waals surface area (Å²) in [6.45, 7) is 11.4. The summed E-state index contributed by atoms with van der Waals surface area (Å²) in [4.78, 5) is 27.0. The van der Waals surface area contributed by atoms with Crippen molar-refractivity contribution in [2.75, 3.05) is 31.1 Å². The lowest BCUT2D eigenvalue weighted by atomic mass is 10.1. The number of benzene rings is 1. The van der Waals surface area contributed by atoms with E-state index in [2.05, 4.69) is 25.7 Å². The van der Waals surface area contributed by atoms with Gasteiger partial charge in [-0.25, -0.2) is 19.0 Å². The van der Waals surface area contributed by atoms with Gasteiger partial charge in [0, 0.05) is 38.5 Å². The van der Waals surface area contributed by atoms with E-state index in [0.717, 1.165) is 85.8 Å². The van der Waals surface area contributed by atoms with Crippen molar-refractivity contribution in [2.45, 2.75) is 72.1 Å².